The third-order valence-corrected chi connectivity index (χ3v) is 2.48. The van der Waals surface area contributed by atoms with Crippen LogP contribution < -0.4 is 10.1 Å². The number of benzene rings is 1. The Hall–Kier alpha value is -1.32. The van der Waals surface area contributed by atoms with E-state index in [0.717, 1.165) is 17.9 Å². The van der Waals surface area contributed by atoms with E-state index in [1.165, 1.54) is 5.57 Å². The molecule has 0 fully saturated rings. The number of ether oxygens (including phenoxy) is 1. The number of aliphatic hydroxyl groups is 1. The average molecular weight is 219 g/mol. The van der Waals surface area contributed by atoms with E-state index in [2.05, 4.69) is 11.4 Å². The third-order valence-electron chi connectivity index (χ3n) is 2.48. The van der Waals surface area contributed by atoms with Gasteiger partial charge in [-0.3, -0.25) is 0 Å². The molecule has 2 rings (SSSR count). The molecule has 0 unspecified atom stereocenters. The fourth-order valence-electron chi connectivity index (χ4n) is 1.71. The maximum Gasteiger partial charge on any atom is 0.127 e. The molecular formula is C13H17NO2. The van der Waals surface area contributed by atoms with Gasteiger partial charge in [0.1, 0.15) is 12.4 Å². The Labute approximate surface area is 95.7 Å². The largest absolute Gasteiger partial charge is 0.489 e. The Morgan fingerprint density at radius 1 is 1.44 bits per heavy atom. The molecule has 3 nitrogen and oxygen atoms in total. The number of aliphatic hydroxyl groups excluding tert-OH is 1. The molecule has 2 N–H and O–H groups in total. The lowest BCUT2D eigenvalue weighted by Gasteiger charge is -2.18. The standard InChI is InChI=1S/C13H17NO2/c1-10(15)7-14-8-11-6-12-4-2-3-5-13(12)16-9-11/h2-6,10,14-15H,7-9H2,1H3/t10-/m0/s1. The van der Waals surface area contributed by atoms with Crippen LogP contribution >= 0.6 is 0 Å². The summed E-state index contributed by atoms with van der Waals surface area (Å²) in [5, 5.41) is 12.3. The first-order valence-corrected chi connectivity index (χ1v) is 5.56. The molecule has 1 aromatic rings. The van der Waals surface area contributed by atoms with Crippen molar-refractivity contribution in [3.8, 4) is 5.75 Å². The van der Waals surface area contributed by atoms with E-state index in [1.807, 2.05) is 24.3 Å². The van der Waals surface area contributed by atoms with Crippen LogP contribution in [0.15, 0.2) is 29.8 Å². The lowest BCUT2D eigenvalue weighted by atomic mass is 10.1. The highest BCUT2D eigenvalue weighted by molar-refractivity contribution is 5.62. The first-order valence-electron chi connectivity index (χ1n) is 5.56. The number of fused-ring (bicyclic) bond motifs is 1. The van der Waals surface area contributed by atoms with E-state index in [4.69, 9.17) is 9.84 Å². The van der Waals surface area contributed by atoms with Gasteiger partial charge in [0.25, 0.3) is 0 Å². The summed E-state index contributed by atoms with van der Waals surface area (Å²) in [6.07, 6.45) is 1.84. The minimum Gasteiger partial charge on any atom is -0.489 e. The normalized spacial score (nSPS) is 16.0. The van der Waals surface area contributed by atoms with Gasteiger partial charge in [-0.05, 0) is 24.6 Å². The minimum atomic E-state index is -0.308. The maximum absolute atomic E-state index is 9.13. The second-order valence-electron chi connectivity index (χ2n) is 4.11. The summed E-state index contributed by atoms with van der Waals surface area (Å²) in [5.74, 6) is 0.946. The summed E-state index contributed by atoms with van der Waals surface area (Å²) in [6.45, 7) is 3.77. The molecule has 0 radical (unpaired) electrons. The van der Waals surface area contributed by atoms with Gasteiger partial charge in [0.2, 0.25) is 0 Å². The van der Waals surface area contributed by atoms with Crippen molar-refractivity contribution in [1.82, 2.24) is 5.32 Å². The summed E-state index contributed by atoms with van der Waals surface area (Å²) >= 11 is 0. The molecule has 3 heteroatoms. The van der Waals surface area contributed by atoms with Crippen LogP contribution in [0.3, 0.4) is 0 Å². The summed E-state index contributed by atoms with van der Waals surface area (Å²) < 4.78 is 5.62. The van der Waals surface area contributed by atoms with Gasteiger partial charge in [-0.15, -0.1) is 0 Å². The van der Waals surface area contributed by atoms with Crippen LogP contribution in [0.25, 0.3) is 6.08 Å². The molecule has 0 saturated carbocycles. The third kappa shape index (κ3) is 2.84. The highest BCUT2D eigenvalue weighted by Crippen LogP contribution is 2.25. The summed E-state index contributed by atoms with van der Waals surface area (Å²) in [7, 11) is 0. The smallest absolute Gasteiger partial charge is 0.127 e. The number of hydrogen-bond acceptors (Lipinski definition) is 3. The van der Waals surface area contributed by atoms with Gasteiger partial charge < -0.3 is 15.2 Å². The Bertz CT molecular complexity index is 385. The van der Waals surface area contributed by atoms with Gasteiger partial charge in [0.15, 0.2) is 0 Å². The molecule has 0 bridgehead atoms. The summed E-state index contributed by atoms with van der Waals surface area (Å²) in [6, 6.07) is 8.00. The number of hydrogen-bond donors (Lipinski definition) is 2. The molecular weight excluding hydrogens is 202 g/mol. The monoisotopic (exact) mass is 219 g/mol. The minimum absolute atomic E-state index is 0.308. The van der Waals surface area contributed by atoms with Crippen LogP contribution in [0.2, 0.25) is 0 Å². The molecule has 16 heavy (non-hydrogen) atoms. The Kier molecular flexibility index (Phi) is 3.59. The first-order chi connectivity index (χ1) is 7.75. The molecule has 1 aromatic carbocycles. The zero-order valence-electron chi connectivity index (χ0n) is 9.44. The van der Waals surface area contributed by atoms with Gasteiger partial charge in [0.05, 0.1) is 6.10 Å². The van der Waals surface area contributed by atoms with E-state index in [9.17, 15) is 0 Å². The quantitative estimate of drug-likeness (QED) is 0.805. The Morgan fingerprint density at radius 2 is 2.25 bits per heavy atom. The van der Waals surface area contributed by atoms with Crippen molar-refractivity contribution in [3.05, 3.63) is 35.4 Å². The van der Waals surface area contributed by atoms with Crippen LogP contribution in [0, 0.1) is 0 Å². The van der Waals surface area contributed by atoms with E-state index in [1.54, 1.807) is 6.92 Å². The molecule has 0 spiro atoms. The van der Waals surface area contributed by atoms with Crippen molar-refractivity contribution in [2.24, 2.45) is 0 Å². The van der Waals surface area contributed by atoms with Crippen LogP contribution in [0.1, 0.15) is 12.5 Å². The number of rotatable bonds is 4. The van der Waals surface area contributed by atoms with Crippen molar-refractivity contribution >= 4 is 6.08 Å². The first kappa shape index (κ1) is 11.2. The highest BCUT2D eigenvalue weighted by Gasteiger charge is 2.10. The van der Waals surface area contributed by atoms with E-state index < -0.39 is 0 Å². The number of para-hydroxylation sites is 1. The van der Waals surface area contributed by atoms with E-state index >= 15 is 0 Å². The molecule has 86 valence electrons. The van der Waals surface area contributed by atoms with Crippen LogP contribution in [0.4, 0.5) is 0 Å². The maximum atomic E-state index is 9.13. The summed E-state index contributed by atoms with van der Waals surface area (Å²) in [4.78, 5) is 0. The van der Waals surface area contributed by atoms with Crippen LogP contribution in [0.5, 0.6) is 5.75 Å². The fourth-order valence-corrected chi connectivity index (χ4v) is 1.71. The molecule has 1 heterocycles. The lowest BCUT2D eigenvalue weighted by Crippen LogP contribution is -2.28. The van der Waals surface area contributed by atoms with Gasteiger partial charge in [-0.25, -0.2) is 0 Å². The SMILES string of the molecule is C[C@H](O)CNCC1=Cc2ccccc2OC1. The molecule has 0 aromatic heterocycles. The van der Waals surface area contributed by atoms with E-state index in [0.29, 0.717) is 13.2 Å². The second-order valence-corrected chi connectivity index (χ2v) is 4.11. The van der Waals surface area contributed by atoms with Crippen molar-refractivity contribution in [1.29, 1.82) is 0 Å². The zero-order valence-corrected chi connectivity index (χ0v) is 9.44. The van der Waals surface area contributed by atoms with Gasteiger partial charge in [0, 0.05) is 18.7 Å². The molecule has 1 aliphatic rings. The molecule has 1 aliphatic heterocycles. The van der Waals surface area contributed by atoms with Gasteiger partial charge >= 0.3 is 0 Å². The Morgan fingerprint density at radius 3 is 3.06 bits per heavy atom. The molecule has 1 atom stereocenters. The predicted octanol–water partition coefficient (Wildman–Crippen LogP) is 1.43. The topological polar surface area (TPSA) is 41.5 Å². The molecule has 0 aliphatic carbocycles. The van der Waals surface area contributed by atoms with Crippen molar-refractivity contribution < 1.29 is 9.84 Å². The van der Waals surface area contributed by atoms with E-state index in [-0.39, 0.29) is 6.10 Å². The Balaban J connectivity index is 1.96. The van der Waals surface area contributed by atoms with Gasteiger partial charge in [-0.2, -0.15) is 0 Å². The summed E-state index contributed by atoms with van der Waals surface area (Å²) in [5.41, 5.74) is 2.34. The predicted molar refractivity (Wildman–Crippen MR) is 64.5 cm³/mol. The van der Waals surface area contributed by atoms with Crippen LogP contribution in [-0.4, -0.2) is 30.9 Å². The second kappa shape index (κ2) is 5.14. The molecule has 0 saturated heterocycles. The average Bonchev–Trinajstić information content (AvgIpc) is 2.28. The van der Waals surface area contributed by atoms with Crippen molar-refractivity contribution in [2.45, 2.75) is 13.0 Å². The van der Waals surface area contributed by atoms with Crippen molar-refractivity contribution in [3.63, 3.8) is 0 Å². The number of nitrogens with one attached hydrogen (secondary N) is 1. The highest BCUT2D eigenvalue weighted by atomic mass is 16.5. The van der Waals surface area contributed by atoms with Crippen molar-refractivity contribution in [2.75, 3.05) is 19.7 Å². The zero-order chi connectivity index (χ0) is 11.4. The lowest BCUT2D eigenvalue weighted by molar-refractivity contribution is 0.192. The molecule has 0 amide bonds. The van der Waals surface area contributed by atoms with Gasteiger partial charge in [-0.1, -0.05) is 18.2 Å². The van der Waals surface area contributed by atoms with Crippen LogP contribution in [-0.2, 0) is 0 Å². The fraction of sp³-hybridized carbons (Fsp3) is 0.385.